The molecule has 0 N–H and O–H groups in total. The second kappa shape index (κ2) is 8.69. The van der Waals surface area contributed by atoms with E-state index in [4.69, 9.17) is 15.8 Å². The summed E-state index contributed by atoms with van der Waals surface area (Å²) in [4.78, 5) is 5.50. The lowest BCUT2D eigenvalue weighted by molar-refractivity contribution is 0.402. The van der Waals surface area contributed by atoms with Gasteiger partial charge in [0, 0.05) is 22.9 Å². The number of methoxy groups -OCH3 is 1. The third-order valence-corrected chi connectivity index (χ3v) is 2.86. The number of azide groups is 2. The molecule has 1 aromatic rings. The molecule has 0 unspecified atom stereocenters. The third-order valence-electron chi connectivity index (χ3n) is 2.86. The Morgan fingerprint density at radius 1 is 1.11 bits per heavy atom. The fourth-order valence-corrected chi connectivity index (χ4v) is 1.98. The fraction of sp³-hybridized carbons (Fsp3) is 0.500. The van der Waals surface area contributed by atoms with E-state index >= 15 is 0 Å². The molecule has 0 heterocycles. The largest absolute Gasteiger partial charge is 0.496 e. The van der Waals surface area contributed by atoms with Crippen LogP contribution in [0, 0.1) is 0 Å². The molecule has 7 heteroatoms. The summed E-state index contributed by atoms with van der Waals surface area (Å²) in [7, 11) is 1.62. The van der Waals surface area contributed by atoms with E-state index in [2.05, 4.69) is 20.1 Å². The lowest BCUT2D eigenvalue weighted by atomic mass is 9.92. The van der Waals surface area contributed by atoms with Crippen LogP contribution in [-0.4, -0.2) is 20.2 Å². The van der Waals surface area contributed by atoms with Gasteiger partial charge in [0.05, 0.1) is 7.11 Å². The van der Waals surface area contributed by atoms with Gasteiger partial charge in [0.2, 0.25) is 0 Å². The van der Waals surface area contributed by atoms with Gasteiger partial charge in [-0.1, -0.05) is 28.4 Å². The molecule has 0 atom stereocenters. The van der Waals surface area contributed by atoms with E-state index in [0.29, 0.717) is 25.9 Å². The highest BCUT2D eigenvalue weighted by Crippen LogP contribution is 2.31. The Morgan fingerprint density at radius 3 is 2.21 bits per heavy atom. The standard InChI is InChI=1S/C12H16N6O/c1-19-12-5-3-2-4-11(12)10(6-8-15-17-13)7-9-16-18-14/h2-5,10H,6-9H2,1H3. The number of benzene rings is 1. The topological polar surface area (TPSA) is 107 Å². The zero-order chi connectivity index (χ0) is 13.9. The summed E-state index contributed by atoms with van der Waals surface area (Å²) >= 11 is 0. The molecule has 0 aliphatic rings. The van der Waals surface area contributed by atoms with Crippen LogP contribution in [0.4, 0.5) is 0 Å². The highest BCUT2D eigenvalue weighted by Gasteiger charge is 2.14. The molecule has 100 valence electrons. The minimum Gasteiger partial charge on any atom is -0.496 e. The van der Waals surface area contributed by atoms with Crippen LogP contribution in [0.1, 0.15) is 24.3 Å². The van der Waals surface area contributed by atoms with E-state index in [9.17, 15) is 0 Å². The molecule has 0 aliphatic heterocycles. The van der Waals surface area contributed by atoms with E-state index in [0.717, 1.165) is 11.3 Å². The molecule has 0 aliphatic carbocycles. The Hall–Kier alpha value is -2.36. The van der Waals surface area contributed by atoms with Gasteiger partial charge in [0.25, 0.3) is 0 Å². The van der Waals surface area contributed by atoms with Crippen LogP contribution >= 0.6 is 0 Å². The highest BCUT2D eigenvalue weighted by atomic mass is 16.5. The van der Waals surface area contributed by atoms with Crippen molar-refractivity contribution in [2.75, 3.05) is 20.2 Å². The summed E-state index contributed by atoms with van der Waals surface area (Å²) in [5.74, 6) is 0.946. The first-order chi connectivity index (χ1) is 9.33. The second-order valence-electron chi connectivity index (χ2n) is 3.93. The molecule has 0 fully saturated rings. The molecule has 1 aromatic carbocycles. The molecule has 0 aromatic heterocycles. The summed E-state index contributed by atoms with van der Waals surface area (Å²) in [6.07, 6.45) is 1.40. The minimum absolute atomic E-state index is 0.146. The lowest BCUT2D eigenvalue weighted by Crippen LogP contribution is -2.05. The van der Waals surface area contributed by atoms with Crippen molar-refractivity contribution in [1.82, 2.24) is 0 Å². The Bertz CT molecular complexity index is 469. The van der Waals surface area contributed by atoms with Crippen molar-refractivity contribution in [2.45, 2.75) is 18.8 Å². The van der Waals surface area contributed by atoms with Gasteiger partial charge in [0.1, 0.15) is 5.75 Å². The first-order valence-corrected chi connectivity index (χ1v) is 5.98. The maximum atomic E-state index is 8.33. The van der Waals surface area contributed by atoms with Crippen LogP contribution in [0.2, 0.25) is 0 Å². The van der Waals surface area contributed by atoms with E-state index in [1.807, 2.05) is 24.3 Å². The van der Waals surface area contributed by atoms with Gasteiger partial charge in [-0.05, 0) is 41.5 Å². The van der Waals surface area contributed by atoms with Crippen molar-refractivity contribution in [3.8, 4) is 5.75 Å². The molecule has 0 spiro atoms. The summed E-state index contributed by atoms with van der Waals surface area (Å²) in [5.41, 5.74) is 17.7. The molecule has 1 rings (SSSR count). The van der Waals surface area contributed by atoms with Crippen LogP contribution in [0.5, 0.6) is 5.75 Å². The summed E-state index contributed by atoms with van der Waals surface area (Å²) in [6, 6.07) is 7.71. The van der Waals surface area contributed by atoms with Crippen molar-refractivity contribution in [3.05, 3.63) is 50.7 Å². The first kappa shape index (κ1) is 14.7. The Morgan fingerprint density at radius 2 is 1.68 bits per heavy atom. The van der Waals surface area contributed by atoms with Crippen LogP contribution in [-0.2, 0) is 0 Å². The molecule has 0 amide bonds. The lowest BCUT2D eigenvalue weighted by Gasteiger charge is -2.18. The molecular formula is C12H16N6O. The maximum absolute atomic E-state index is 8.33. The number of para-hydroxylation sites is 1. The Labute approximate surface area is 111 Å². The minimum atomic E-state index is 0.146. The molecule has 19 heavy (non-hydrogen) atoms. The predicted molar refractivity (Wildman–Crippen MR) is 73.0 cm³/mol. The molecule has 0 saturated heterocycles. The van der Waals surface area contributed by atoms with Gasteiger partial charge in [-0.25, -0.2) is 0 Å². The number of hydrogen-bond acceptors (Lipinski definition) is 3. The van der Waals surface area contributed by atoms with E-state index < -0.39 is 0 Å². The number of rotatable bonds is 8. The quantitative estimate of drug-likeness (QED) is 0.390. The van der Waals surface area contributed by atoms with Gasteiger partial charge in [-0.15, -0.1) is 0 Å². The second-order valence-corrected chi connectivity index (χ2v) is 3.93. The van der Waals surface area contributed by atoms with Crippen molar-refractivity contribution < 1.29 is 4.74 Å². The summed E-state index contributed by atoms with van der Waals surface area (Å²) in [6.45, 7) is 0.824. The highest BCUT2D eigenvalue weighted by molar-refractivity contribution is 5.36. The molecule has 0 radical (unpaired) electrons. The van der Waals surface area contributed by atoms with Crippen molar-refractivity contribution >= 4 is 0 Å². The smallest absolute Gasteiger partial charge is 0.122 e. The van der Waals surface area contributed by atoms with E-state index in [-0.39, 0.29) is 5.92 Å². The van der Waals surface area contributed by atoms with Gasteiger partial charge in [-0.2, -0.15) is 0 Å². The number of hydrogen-bond donors (Lipinski definition) is 0. The average Bonchev–Trinajstić information content (AvgIpc) is 2.46. The SMILES string of the molecule is COc1ccccc1C(CCN=[N+]=[N-])CCN=[N+]=[N-]. The zero-order valence-electron chi connectivity index (χ0n) is 10.8. The van der Waals surface area contributed by atoms with Gasteiger partial charge in [0.15, 0.2) is 0 Å². The third kappa shape index (κ3) is 4.79. The van der Waals surface area contributed by atoms with Crippen molar-refractivity contribution in [3.63, 3.8) is 0 Å². The van der Waals surface area contributed by atoms with Crippen LogP contribution in [0.3, 0.4) is 0 Å². The molecular weight excluding hydrogens is 244 g/mol. The van der Waals surface area contributed by atoms with Crippen LogP contribution in [0.25, 0.3) is 20.9 Å². The van der Waals surface area contributed by atoms with Gasteiger partial charge < -0.3 is 4.74 Å². The normalized spacial score (nSPS) is 11.0. The van der Waals surface area contributed by atoms with Crippen LogP contribution in [0.15, 0.2) is 34.5 Å². The van der Waals surface area contributed by atoms with Crippen molar-refractivity contribution in [2.24, 2.45) is 10.2 Å². The molecule has 0 saturated carbocycles. The van der Waals surface area contributed by atoms with Crippen molar-refractivity contribution in [1.29, 1.82) is 0 Å². The van der Waals surface area contributed by atoms with Gasteiger partial charge in [-0.3, -0.25) is 0 Å². The van der Waals surface area contributed by atoms with E-state index in [1.54, 1.807) is 7.11 Å². The van der Waals surface area contributed by atoms with E-state index in [1.165, 1.54) is 0 Å². The van der Waals surface area contributed by atoms with Crippen LogP contribution < -0.4 is 4.74 Å². The molecule has 0 bridgehead atoms. The summed E-state index contributed by atoms with van der Waals surface area (Å²) < 4.78 is 5.33. The summed E-state index contributed by atoms with van der Waals surface area (Å²) in [5, 5.41) is 7.11. The fourth-order valence-electron chi connectivity index (χ4n) is 1.98. The predicted octanol–water partition coefficient (Wildman–Crippen LogP) is 4.18. The number of ether oxygens (including phenoxy) is 1. The Kier molecular flexibility index (Phi) is 6.72. The maximum Gasteiger partial charge on any atom is 0.122 e. The monoisotopic (exact) mass is 260 g/mol. The first-order valence-electron chi connectivity index (χ1n) is 5.98. The van der Waals surface area contributed by atoms with Gasteiger partial charge >= 0.3 is 0 Å². The zero-order valence-corrected chi connectivity index (χ0v) is 10.8. The number of nitrogens with zero attached hydrogens (tertiary/aromatic N) is 6. The average molecular weight is 260 g/mol. The molecule has 7 nitrogen and oxygen atoms in total. The Balaban J connectivity index is 2.85.